The van der Waals surface area contributed by atoms with Crippen LogP contribution in [0.1, 0.15) is 26.7 Å². The monoisotopic (exact) mass is 314 g/mol. The van der Waals surface area contributed by atoms with Crippen molar-refractivity contribution in [1.29, 1.82) is 0 Å². The van der Waals surface area contributed by atoms with Gasteiger partial charge < -0.3 is 9.47 Å². The third kappa shape index (κ3) is 5.47. The van der Waals surface area contributed by atoms with Gasteiger partial charge in [0, 0.05) is 5.92 Å². The molecule has 0 saturated carbocycles. The van der Waals surface area contributed by atoms with Crippen LogP contribution in [-0.4, -0.2) is 41.5 Å². The molecule has 0 radical (unpaired) electrons. The molecule has 0 saturated heterocycles. The molecule has 2 atom stereocenters. The molecule has 2 unspecified atom stereocenters. The molecule has 0 aromatic carbocycles. The van der Waals surface area contributed by atoms with Gasteiger partial charge in [0.2, 0.25) is 11.8 Å². The second-order valence-electron chi connectivity index (χ2n) is 4.98. The molecule has 0 spiro atoms. The molecule has 0 aromatic heterocycles. The van der Waals surface area contributed by atoms with Gasteiger partial charge in [0.15, 0.2) is 0 Å². The predicted octanol–water partition coefficient (Wildman–Crippen LogP) is 0.659. The molecule has 8 nitrogen and oxygen atoms in total. The van der Waals surface area contributed by atoms with E-state index in [1.54, 1.807) is 11.6 Å². The maximum absolute atomic E-state index is 11.0. The van der Waals surface area contributed by atoms with Gasteiger partial charge in [-0.15, -0.1) is 0 Å². The summed E-state index contributed by atoms with van der Waals surface area (Å²) in [5, 5.41) is 16.9. The first-order valence-corrected chi connectivity index (χ1v) is 6.98. The molecule has 124 valence electrons. The number of ether oxygens (including phenoxy) is 2. The number of amides is 2. The first-order valence-electron chi connectivity index (χ1n) is 6.98. The second-order valence-corrected chi connectivity index (χ2v) is 4.98. The van der Waals surface area contributed by atoms with Crippen molar-refractivity contribution < 1.29 is 29.5 Å². The molecular formula is C14H22N2O6. The second kappa shape index (κ2) is 9.19. The van der Waals surface area contributed by atoms with Gasteiger partial charge in [-0.25, -0.2) is 11.0 Å². The van der Waals surface area contributed by atoms with E-state index in [-0.39, 0.29) is 38.1 Å². The minimum atomic E-state index is -0.534. The summed E-state index contributed by atoms with van der Waals surface area (Å²) >= 11 is 0. The summed E-state index contributed by atoms with van der Waals surface area (Å²) in [6, 6.07) is 0. The van der Waals surface area contributed by atoms with Crippen LogP contribution in [0.3, 0.4) is 0 Å². The van der Waals surface area contributed by atoms with Gasteiger partial charge in [-0.1, -0.05) is 18.6 Å². The van der Waals surface area contributed by atoms with E-state index in [1.807, 2.05) is 19.9 Å². The van der Waals surface area contributed by atoms with Crippen molar-refractivity contribution in [3.63, 3.8) is 0 Å². The summed E-state index contributed by atoms with van der Waals surface area (Å²) in [6.45, 7) is 4.18. The van der Waals surface area contributed by atoms with Crippen LogP contribution in [0.5, 0.6) is 0 Å². The summed E-state index contributed by atoms with van der Waals surface area (Å²) in [7, 11) is 0. The molecule has 2 amide bonds. The molecule has 4 N–H and O–H groups in total. The Balaban J connectivity index is 2.57. The minimum absolute atomic E-state index is 0.0184. The van der Waals surface area contributed by atoms with Gasteiger partial charge in [-0.3, -0.25) is 20.0 Å². The molecule has 0 aromatic rings. The van der Waals surface area contributed by atoms with Crippen LogP contribution >= 0.6 is 0 Å². The number of hydrogen-bond donors (Lipinski definition) is 4. The smallest absolute Gasteiger partial charge is 0.246 e. The van der Waals surface area contributed by atoms with Gasteiger partial charge in [0.05, 0.1) is 26.1 Å². The number of carbonyl (C=O) groups excluding carboxylic acids is 2. The normalized spacial score (nSPS) is 20.7. The Kier molecular flexibility index (Phi) is 7.58. The van der Waals surface area contributed by atoms with E-state index in [0.29, 0.717) is 5.76 Å². The number of allylic oxidation sites excluding steroid dienone is 2. The molecule has 8 heteroatoms. The fourth-order valence-corrected chi connectivity index (χ4v) is 1.95. The third-order valence-electron chi connectivity index (χ3n) is 3.44. The van der Waals surface area contributed by atoms with E-state index in [4.69, 9.17) is 19.9 Å². The quantitative estimate of drug-likeness (QED) is 0.386. The molecular weight excluding hydrogens is 292 g/mol. The third-order valence-corrected chi connectivity index (χ3v) is 3.44. The highest BCUT2D eigenvalue weighted by atomic mass is 16.5. The lowest BCUT2D eigenvalue weighted by Gasteiger charge is -2.30. The van der Waals surface area contributed by atoms with Crippen molar-refractivity contribution in [3.05, 3.63) is 23.5 Å². The summed E-state index contributed by atoms with van der Waals surface area (Å²) in [4.78, 5) is 22.0. The summed E-state index contributed by atoms with van der Waals surface area (Å²) in [5.41, 5.74) is 4.18. The zero-order valence-electron chi connectivity index (χ0n) is 12.7. The lowest BCUT2D eigenvalue weighted by molar-refractivity contribution is -0.132. The van der Waals surface area contributed by atoms with E-state index in [1.165, 1.54) is 5.48 Å². The summed E-state index contributed by atoms with van der Waals surface area (Å²) in [6.07, 6.45) is 3.36. The topological polar surface area (TPSA) is 117 Å². The zero-order chi connectivity index (χ0) is 16.5. The Labute approximate surface area is 128 Å². The van der Waals surface area contributed by atoms with Gasteiger partial charge in [0.1, 0.15) is 11.9 Å². The van der Waals surface area contributed by atoms with Gasteiger partial charge in [0.25, 0.3) is 0 Å². The zero-order valence-corrected chi connectivity index (χ0v) is 12.7. The summed E-state index contributed by atoms with van der Waals surface area (Å²) in [5.74, 6) is -0.438. The maximum Gasteiger partial charge on any atom is 0.246 e. The maximum atomic E-state index is 11.0. The number of nitrogens with one attached hydrogen (secondary N) is 2. The SMILES string of the molecule is CC1=CC=C(OCCC(=O)NO)C(OCCC(=O)NO)C1C. The highest BCUT2D eigenvalue weighted by molar-refractivity contribution is 5.74. The lowest BCUT2D eigenvalue weighted by Crippen LogP contribution is -2.31. The van der Waals surface area contributed by atoms with Gasteiger partial charge in [-0.05, 0) is 13.0 Å². The largest absolute Gasteiger partial charge is 0.495 e. The van der Waals surface area contributed by atoms with Crippen molar-refractivity contribution in [1.82, 2.24) is 11.0 Å². The number of carbonyl (C=O) groups is 2. The Morgan fingerprint density at radius 1 is 1.14 bits per heavy atom. The number of rotatable bonds is 8. The Hall–Kier alpha value is -1.90. The first-order chi connectivity index (χ1) is 10.5. The average Bonchev–Trinajstić information content (AvgIpc) is 2.52. The van der Waals surface area contributed by atoms with Crippen LogP contribution in [0.4, 0.5) is 0 Å². The van der Waals surface area contributed by atoms with Crippen LogP contribution in [0, 0.1) is 5.92 Å². The molecule has 0 bridgehead atoms. The summed E-state index contributed by atoms with van der Waals surface area (Å²) < 4.78 is 11.2. The van der Waals surface area contributed by atoms with E-state index in [0.717, 1.165) is 5.57 Å². The molecule has 0 heterocycles. The van der Waals surface area contributed by atoms with Crippen molar-refractivity contribution in [2.45, 2.75) is 32.8 Å². The average molecular weight is 314 g/mol. The predicted molar refractivity (Wildman–Crippen MR) is 75.8 cm³/mol. The Morgan fingerprint density at radius 2 is 1.73 bits per heavy atom. The fourth-order valence-electron chi connectivity index (χ4n) is 1.95. The van der Waals surface area contributed by atoms with Crippen LogP contribution in [-0.2, 0) is 19.1 Å². The van der Waals surface area contributed by atoms with E-state index >= 15 is 0 Å². The molecule has 1 aliphatic rings. The molecule has 0 aliphatic heterocycles. The van der Waals surface area contributed by atoms with Crippen molar-refractivity contribution in [2.24, 2.45) is 5.92 Å². The van der Waals surface area contributed by atoms with Crippen LogP contribution < -0.4 is 11.0 Å². The van der Waals surface area contributed by atoms with Crippen LogP contribution in [0.25, 0.3) is 0 Å². The number of hydrogen-bond acceptors (Lipinski definition) is 6. The highest BCUT2D eigenvalue weighted by Crippen LogP contribution is 2.28. The Bertz CT molecular complexity index is 460. The fraction of sp³-hybridized carbons (Fsp3) is 0.571. The van der Waals surface area contributed by atoms with Crippen molar-refractivity contribution in [2.75, 3.05) is 13.2 Å². The minimum Gasteiger partial charge on any atom is -0.495 e. The van der Waals surface area contributed by atoms with Gasteiger partial charge in [-0.2, -0.15) is 0 Å². The van der Waals surface area contributed by atoms with Crippen LogP contribution in [0.2, 0.25) is 0 Å². The Morgan fingerprint density at radius 3 is 2.32 bits per heavy atom. The molecule has 1 rings (SSSR count). The van der Waals surface area contributed by atoms with Gasteiger partial charge >= 0.3 is 0 Å². The molecule has 1 aliphatic carbocycles. The highest BCUT2D eigenvalue weighted by Gasteiger charge is 2.27. The van der Waals surface area contributed by atoms with Crippen LogP contribution in [0.15, 0.2) is 23.5 Å². The van der Waals surface area contributed by atoms with E-state index in [2.05, 4.69) is 0 Å². The first kappa shape index (κ1) is 18.1. The number of hydroxylamine groups is 2. The lowest BCUT2D eigenvalue weighted by atomic mass is 9.90. The molecule has 0 fully saturated rings. The van der Waals surface area contributed by atoms with Crippen molar-refractivity contribution in [3.8, 4) is 0 Å². The van der Waals surface area contributed by atoms with Crippen molar-refractivity contribution >= 4 is 11.8 Å². The standard InChI is InChI=1S/C14H22N2O6/c1-9-3-4-11(21-7-5-12(17)15-19)14(10(9)2)22-8-6-13(18)16-20/h3-4,10,14,19-20H,5-8H2,1-2H3,(H,15,17)(H,16,18). The molecule has 22 heavy (non-hydrogen) atoms. The van der Waals surface area contributed by atoms with E-state index in [9.17, 15) is 9.59 Å². The van der Waals surface area contributed by atoms with E-state index < -0.39 is 11.8 Å².